The fraction of sp³-hybridized carbons (Fsp3) is 0.571. The van der Waals surface area contributed by atoms with Gasteiger partial charge in [0.1, 0.15) is 0 Å². The van der Waals surface area contributed by atoms with Gasteiger partial charge in [0.15, 0.2) is 0 Å². The van der Waals surface area contributed by atoms with Crippen LogP contribution in [0.25, 0.3) is 0 Å². The van der Waals surface area contributed by atoms with Gasteiger partial charge in [0.05, 0.1) is 0 Å². The van der Waals surface area contributed by atoms with Crippen molar-refractivity contribution in [3.05, 3.63) is 34.9 Å². The van der Waals surface area contributed by atoms with Gasteiger partial charge in [-0.3, -0.25) is 5.43 Å². The second kappa shape index (κ2) is 5.63. The fourth-order valence-corrected chi connectivity index (χ4v) is 2.34. The van der Waals surface area contributed by atoms with E-state index >= 15 is 0 Å². The van der Waals surface area contributed by atoms with Gasteiger partial charge in [-0.2, -0.15) is 0 Å². The Morgan fingerprint density at radius 1 is 1.00 bits per heavy atom. The van der Waals surface area contributed by atoms with E-state index in [0.717, 1.165) is 32.7 Å². The highest BCUT2D eigenvalue weighted by atomic mass is 15.5. The molecule has 0 aliphatic carbocycles. The van der Waals surface area contributed by atoms with Gasteiger partial charge in [-0.05, 0) is 26.5 Å². The molecule has 1 aromatic rings. The molecule has 3 nitrogen and oxygen atoms in total. The van der Waals surface area contributed by atoms with Crippen LogP contribution in [0.4, 0.5) is 0 Å². The van der Waals surface area contributed by atoms with Crippen molar-refractivity contribution in [2.75, 3.05) is 33.2 Å². The van der Waals surface area contributed by atoms with E-state index in [9.17, 15) is 0 Å². The number of hydrogen-bond donors (Lipinski definition) is 1. The van der Waals surface area contributed by atoms with Crippen LogP contribution in [0.15, 0.2) is 18.2 Å². The Bertz CT molecular complexity index is 347. The maximum atomic E-state index is 3.52. The molecule has 1 heterocycles. The van der Waals surface area contributed by atoms with E-state index in [1.165, 1.54) is 16.7 Å². The van der Waals surface area contributed by atoms with Gasteiger partial charge >= 0.3 is 0 Å². The number of rotatable bonds is 3. The number of likely N-dealkylation sites (N-methyl/N-ethyl adjacent to an activating group) is 1. The summed E-state index contributed by atoms with van der Waals surface area (Å²) in [5.74, 6) is 0. The number of hydrazine groups is 1. The number of piperazine rings is 1. The first-order valence-electron chi connectivity index (χ1n) is 6.37. The summed E-state index contributed by atoms with van der Waals surface area (Å²) < 4.78 is 0. The predicted octanol–water partition coefficient (Wildman–Crippen LogP) is 1.56. The zero-order chi connectivity index (χ0) is 12.3. The zero-order valence-corrected chi connectivity index (χ0v) is 11.2. The minimum Gasteiger partial charge on any atom is -0.304 e. The van der Waals surface area contributed by atoms with E-state index in [-0.39, 0.29) is 0 Å². The highest BCUT2D eigenvalue weighted by Crippen LogP contribution is 2.09. The van der Waals surface area contributed by atoms with Gasteiger partial charge in [-0.1, -0.05) is 29.3 Å². The average Bonchev–Trinajstić information content (AvgIpc) is 2.27. The van der Waals surface area contributed by atoms with Crippen molar-refractivity contribution in [2.24, 2.45) is 0 Å². The summed E-state index contributed by atoms with van der Waals surface area (Å²) in [6, 6.07) is 6.74. The largest absolute Gasteiger partial charge is 0.304 e. The molecular formula is C14H23N3. The molecule has 0 saturated carbocycles. The topological polar surface area (TPSA) is 18.5 Å². The van der Waals surface area contributed by atoms with Crippen LogP contribution in [0.2, 0.25) is 0 Å². The molecular weight excluding hydrogens is 210 g/mol. The second-order valence-corrected chi connectivity index (χ2v) is 5.12. The van der Waals surface area contributed by atoms with E-state index in [2.05, 4.69) is 54.4 Å². The summed E-state index contributed by atoms with van der Waals surface area (Å²) in [7, 11) is 2.18. The molecule has 0 radical (unpaired) electrons. The number of aryl methyl sites for hydroxylation is 2. The zero-order valence-electron chi connectivity index (χ0n) is 11.2. The lowest BCUT2D eigenvalue weighted by Crippen LogP contribution is -2.50. The molecule has 0 atom stereocenters. The van der Waals surface area contributed by atoms with Crippen molar-refractivity contribution in [3.8, 4) is 0 Å². The van der Waals surface area contributed by atoms with Crippen molar-refractivity contribution in [2.45, 2.75) is 20.4 Å². The molecule has 1 fully saturated rings. The summed E-state index contributed by atoms with van der Waals surface area (Å²) in [5.41, 5.74) is 7.59. The van der Waals surface area contributed by atoms with Crippen LogP contribution in [0.1, 0.15) is 16.7 Å². The van der Waals surface area contributed by atoms with Crippen molar-refractivity contribution in [3.63, 3.8) is 0 Å². The highest BCUT2D eigenvalue weighted by molar-refractivity contribution is 5.28. The van der Waals surface area contributed by atoms with Gasteiger partial charge in [0.2, 0.25) is 0 Å². The average molecular weight is 233 g/mol. The van der Waals surface area contributed by atoms with Gasteiger partial charge in [-0.25, -0.2) is 5.01 Å². The molecule has 94 valence electrons. The molecule has 2 rings (SSSR count). The summed E-state index contributed by atoms with van der Waals surface area (Å²) in [5, 5.41) is 2.33. The maximum absolute atomic E-state index is 3.52. The first-order valence-corrected chi connectivity index (χ1v) is 6.37. The number of nitrogens with one attached hydrogen (secondary N) is 1. The minimum absolute atomic E-state index is 0.937. The second-order valence-electron chi connectivity index (χ2n) is 5.12. The van der Waals surface area contributed by atoms with Crippen LogP contribution in [0.3, 0.4) is 0 Å². The summed E-state index contributed by atoms with van der Waals surface area (Å²) in [4.78, 5) is 2.37. The Morgan fingerprint density at radius 2 is 1.59 bits per heavy atom. The first-order chi connectivity index (χ1) is 8.13. The minimum atomic E-state index is 0.937. The van der Waals surface area contributed by atoms with Crippen molar-refractivity contribution in [1.29, 1.82) is 0 Å². The number of hydrogen-bond acceptors (Lipinski definition) is 3. The third-order valence-electron chi connectivity index (χ3n) is 3.29. The molecule has 3 heteroatoms. The van der Waals surface area contributed by atoms with Crippen LogP contribution in [-0.2, 0) is 6.54 Å². The Labute approximate surface area is 104 Å². The van der Waals surface area contributed by atoms with Crippen LogP contribution in [0, 0.1) is 13.8 Å². The van der Waals surface area contributed by atoms with Crippen LogP contribution >= 0.6 is 0 Å². The maximum Gasteiger partial charge on any atom is 0.0353 e. The molecule has 1 saturated heterocycles. The van der Waals surface area contributed by atoms with E-state index < -0.39 is 0 Å². The van der Waals surface area contributed by atoms with Crippen molar-refractivity contribution >= 4 is 0 Å². The third kappa shape index (κ3) is 3.80. The Balaban J connectivity index is 1.85. The van der Waals surface area contributed by atoms with Gasteiger partial charge < -0.3 is 4.90 Å². The van der Waals surface area contributed by atoms with Crippen LogP contribution in [0.5, 0.6) is 0 Å². The van der Waals surface area contributed by atoms with Crippen molar-refractivity contribution in [1.82, 2.24) is 15.3 Å². The lowest BCUT2D eigenvalue weighted by atomic mass is 10.1. The fourth-order valence-electron chi connectivity index (χ4n) is 2.34. The number of benzene rings is 1. The normalized spacial score (nSPS) is 18.5. The van der Waals surface area contributed by atoms with E-state index in [4.69, 9.17) is 0 Å². The summed E-state index contributed by atoms with van der Waals surface area (Å²) >= 11 is 0. The monoisotopic (exact) mass is 233 g/mol. The molecule has 17 heavy (non-hydrogen) atoms. The molecule has 0 unspecified atom stereocenters. The Hall–Kier alpha value is -0.900. The molecule has 0 aromatic heterocycles. The van der Waals surface area contributed by atoms with Crippen molar-refractivity contribution < 1.29 is 0 Å². The van der Waals surface area contributed by atoms with Gasteiger partial charge in [0.25, 0.3) is 0 Å². The lowest BCUT2D eigenvalue weighted by Gasteiger charge is -2.32. The van der Waals surface area contributed by atoms with Gasteiger partial charge in [0, 0.05) is 32.7 Å². The van der Waals surface area contributed by atoms with E-state index in [1.807, 2.05) is 0 Å². The lowest BCUT2D eigenvalue weighted by molar-refractivity contribution is 0.102. The predicted molar refractivity (Wildman–Crippen MR) is 71.8 cm³/mol. The Kier molecular flexibility index (Phi) is 4.15. The third-order valence-corrected chi connectivity index (χ3v) is 3.29. The van der Waals surface area contributed by atoms with E-state index in [1.54, 1.807) is 0 Å². The van der Waals surface area contributed by atoms with Crippen LogP contribution in [-0.4, -0.2) is 43.1 Å². The number of nitrogens with zero attached hydrogens (tertiary/aromatic N) is 2. The highest BCUT2D eigenvalue weighted by Gasteiger charge is 2.12. The standard InChI is InChI=1S/C14H23N3/c1-12-8-13(2)10-14(9-12)11-15-17-6-4-16(3)5-7-17/h8-10,15H,4-7,11H2,1-3H3. The summed E-state index contributed by atoms with van der Waals surface area (Å²) in [6.07, 6.45) is 0. The molecule has 0 spiro atoms. The van der Waals surface area contributed by atoms with Gasteiger partial charge in [-0.15, -0.1) is 0 Å². The molecule has 1 aliphatic heterocycles. The summed E-state index contributed by atoms with van der Waals surface area (Å²) in [6.45, 7) is 9.78. The first kappa shape index (κ1) is 12.6. The quantitative estimate of drug-likeness (QED) is 0.854. The molecule has 1 aliphatic rings. The Morgan fingerprint density at radius 3 is 2.18 bits per heavy atom. The SMILES string of the molecule is Cc1cc(C)cc(CNN2CCN(C)CC2)c1. The molecule has 1 N–H and O–H groups in total. The molecule has 1 aromatic carbocycles. The molecule has 0 bridgehead atoms. The van der Waals surface area contributed by atoms with Crippen LogP contribution < -0.4 is 5.43 Å². The van der Waals surface area contributed by atoms with E-state index in [0.29, 0.717) is 0 Å². The smallest absolute Gasteiger partial charge is 0.0353 e. The molecule has 0 amide bonds.